The zero-order valence-electron chi connectivity index (χ0n) is 9.54. The molecule has 2 unspecified atom stereocenters. The fourth-order valence-electron chi connectivity index (χ4n) is 2.62. The lowest BCUT2D eigenvalue weighted by Crippen LogP contribution is -2.48. The predicted octanol–water partition coefficient (Wildman–Crippen LogP) is 3.59. The minimum absolute atomic E-state index is 0.113. The molecule has 2 rings (SSSR count). The predicted molar refractivity (Wildman–Crippen MR) is 67.2 cm³/mol. The summed E-state index contributed by atoms with van der Waals surface area (Å²) in [5.41, 5.74) is 6.64. The van der Waals surface area contributed by atoms with Gasteiger partial charge < -0.3 is 5.73 Å². The number of aryl methyl sites for hydroxylation is 1. The van der Waals surface area contributed by atoms with Crippen LogP contribution in [0.2, 0.25) is 0 Å². The van der Waals surface area contributed by atoms with Crippen molar-refractivity contribution in [3.63, 3.8) is 0 Å². The Labute approximate surface area is 96.7 Å². The standard InChI is InChI=1S/C13H21NS/c1-11-5-2-3-8-13(11,14)9-7-12-6-4-10-15-12/h4,6,10-11H,2-3,5,7-9,14H2,1H3. The van der Waals surface area contributed by atoms with Gasteiger partial charge in [-0.2, -0.15) is 0 Å². The van der Waals surface area contributed by atoms with Crippen LogP contribution >= 0.6 is 11.3 Å². The summed E-state index contributed by atoms with van der Waals surface area (Å²) in [5, 5.41) is 2.16. The highest BCUT2D eigenvalue weighted by Gasteiger charge is 2.33. The molecular formula is C13H21NS. The fraction of sp³-hybridized carbons (Fsp3) is 0.692. The summed E-state index contributed by atoms with van der Waals surface area (Å²) in [7, 11) is 0. The van der Waals surface area contributed by atoms with Crippen molar-refractivity contribution < 1.29 is 0 Å². The third-order valence-electron chi connectivity index (χ3n) is 3.93. The molecule has 0 radical (unpaired) electrons. The normalized spacial score (nSPS) is 31.7. The monoisotopic (exact) mass is 223 g/mol. The summed E-state index contributed by atoms with van der Waals surface area (Å²) in [6.45, 7) is 2.33. The van der Waals surface area contributed by atoms with E-state index in [9.17, 15) is 0 Å². The minimum atomic E-state index is 0.113. The fourth-order valence-corrected chi connectivity index (χ4v) is 3.33. The molecule has 1 heterocycles. The second kappa shape index (κ2) is 4.67. The van der Waals surface area contributed by atoms with E-state index in [1.807, 2.05) is 11.3 Å². The highest BCUT2D eigenvalue weighted by molar-refractivity contribution is 7.09. The average molecular weight is 223 g/mol. The number of rotatable bonds is 3. The third kappa shape index (κ3) is 2.61. The van der Waals surface area contributed by atoms with Gasteiger partial charge in [0.05, 0.1) is 0 Å². The molecule has 0 aliphatic heterocycles. The lowest BCUT2D eigenvalue weighted by Gasteiger charge is -2.39. The van der Waals surface area contributed by atoms with Crippen LogP contribution in [0.1, 0.15) is 43.9 Å². The maximum atomic E-state index is 6.52. The van der Waals surface area contributed by atoms with Crippen molar-refractivity contribution in [2.24, 2.45) is 11.7 Å². The van der Waals surface area contributed by atoms with Crippen molar-refractivity contribution in [1.82, 2.24) is 0 Å². The van der Waals surface area contributed by atoms with E-state index in [0.29, 0.717) is 5.92 Å². The molecule has 0 amide bonds. The number of nitrogens with two attached hydrogens (primary N) is 1. The maximum Gasteiger partial charge on any atom is 0.0183 e. The number of hydrogen-bond donors (Lipinski definition) is 1. The molecule has 0 bridgehead atoms. The second-order valence-electron chi connectivity index (χ2n) is 4.96. The van der Waals surface area contributed by atoms with Crippen LogP contribution in [0.25, 0.3) is 0 Å². The van der Waals surface area contributed by atoms with Gasteiger partial charge >= 0.3 is 0 Å². The second-order valence-corrected chi connectivity index (χ2v) is 5.99. The topological polar surface area (TPSA) is 26.0 Å². The van der Waals surface area contributed by atoms with Crippen molar-refractivity contribution in [1.29, 1.82) is 0 Å². The summed E-state index contributed by atoms with van der Waals surface area (Å²) < 4.78 is 0. The van der Waals surface area contributed by atoms with E-state index in [4.69, 9.17) is 5.73 Å². The summed E-state index contributed by atoms with van der Waals surface area (Å²) in [6, 6.07) is 4.36. The van der Waals surface area contributed by atoms with Gasteiger partial charge in [0.15, 0.2) is 0 Å². The Kier molecular flexibility index (Phi) is 3.47. The molecule has 1 fully saturated rings. The Hall–Kier alpha value is -0.340. The van der Waals surface area contributed by atoms with Crippen LogP contribution in [0.3, 0.4) is 0 Å². The van der Waals surface area contributed by atoms with E-state index < -0.39 is 0 Å². The lowest BCUT2D eigenvalue weighted by molar-refractivity contribution is 0.192. The Balaban J connectivity index is 1.91. The van der Waals surface area contributed by atoms with E-state index in [0.717, 1.165) is 6.42 Å². The molecule has 1 nitrogen and oxygen atoms in total. The molecule has 1 aliphatic rings. The van der Waals surface area contributed by atoms with E-state index in [2.05, 4.69) is 24.4 Å². The van der Waals surface area contributed by atoms with Gasteiger partial charge in [0.2, 0.25) is 0 Å². The molecule has 15 heavy (non-hydrogen) atoms. The van der Waals surface area contributed by atoms with Crippen LogP contribution in [0.4, 0.5) is 0 Å². The molecule has 0 saturated heterocycles. The molecule has 2 N–H and O–H groups in total. The molecule has 2 heteroatoms. The van der Waals surface area contributed by atoms with Crippen molar-refractivity contribution in [3.05, 3.63) is 22.4 Å². The van der Waals surface area contributed by atoms with E-state index in [-0.39, 0.29) is 5.54 Å². The van der Waals surface area contributed by atoms with Crippen molar-refractivity contribution in [2.45, 2.75) is 51.0 Å². The Bertz CT molecular complexity index is 293. The molecule has 84 valence electrons. The van der Waals surface area contributed by atoms with Gasteiger partial charge in [0.25, 0.3) is 0 Å². The Morgan fingerprint density at radius 1 is 1.53 bits per heavy atom. The SMILES string of the molecule is CC1CCCCC1(N)CCc1cccs1. The zero-order valence-corrected chi connectivity index (χ0v) is 10.4. The van der Waals surface area contributed by atoms with E-state index in [1.54, 1.807) is 0 Å². The Morgan fingerprint density at radius 3 is 3.07 bits per heavy atom. The van der Waals surface area contributed by atoms with Crippen molar-refractivity contribution in [3.8, 4) is 0 Å². The molecule has 0 aromatic carbocycles. The first-order chi connectivity index (χ1) is 7.21. The molecule has 1 aliphatic carbocycles. The van der Waals surface area contributed by atoms with Crippen molar-refractivity contribution >= 4 is 11.3 Å². The molecule has 1 saturated carbocycles. The molecule has 2 atom stereocenters. The largest absolute Gasteiger partial charge is 0.325 e. The van der Waals surface area contributed by atoms with Gasteiger partial charge in [0, 0.05) is 10.4 Å². The third-order valence-corrected chi connectivity index (χ3v) is 4.86. The molecular weight excluding hydrogens is 202 g/mol. The summed E-state index contributed by atoms with van der Waals surface area (Å²) in [6.07, 6.45) is 7.57. The minimum Gasteiger partial charge on any atom is -0.325 e. The van der Waals surface area contributed by atoms with Crippen molar-refractivity contribution in [2.75, 3.05) is 0 Å². The van der Waals surface area contributed by atoms with Crippen LogP contribution in [0.15, 0.2) is 17.5 Å². The van der Waals surface area contributed by atoms with E-state index in [1.165, 1.54) is 37.0 Å². The average Bonchev–Trinajstić information content (AvgIpc) is 2.73. The zero-order chi connectivity index (χ0) is 10.7. The van der Waals surface area contributed by atoms with Crippen LogP contribution < -0.4 is 5.73 Å². The van der Waals surface area contributed by atoms with Gasteiger partial charge in [0.1, 0.15) is 0 Å². The van der Waals surface area contributed by atoms with Gasteiger partial charge in [-0.15, -0.1) is 11.3 Å². The highest BCUT2D eigenvalue weighted by atomic mass is 32.1. The first-order valence-electron chi connectivity index (χ1n) is 6.02. The van der Waals surface area contributed by atoms with Gasteiger partial charge in [-0.05, 0) is 43.0 Å². The van der Waals surface area contributed by atoms with Gasteiger partial charge in [-0.1, -0.05) is 25.8 Å². The molecule has 1 aromatic heterocycles. The van der Waals surface area contributed by atoms with Crippen LogP contribution in [-0.2, 0) is 6.42 Å². The summed E-state index contributed by atoms with van der Waals surface area (Å²) >= 11 is 1.86. The smallest absolute Gasteiger partial charge is 0.0183 e. The van der Waals surface area contributed by atoms with Crippen LogP contribution in [0.5, 0.6) is 0 Å². The quantitative estimate of drug-likeness (QED) is 0.832. The molecule has 0 spiro atoms. The van der Waals surface area contributed by atoms with Crippen LogP contribution in [0, 0.1) is 5.92 Å². The Morgan fingerprint density at radius 2 is 2.40 bits per heavy atom. The summed E-state index contributed by atoms with van der Waals surface area (Å²) in [5.74, 6) is 0.700. The molecule has 1 aromatic rings. The number of hydrogen-bond acceptors (Lipinski definition) is 2. The maximum absolute atomic E-state index is 6.52. The van der Waals surface area contributed by atoms with Gasteiger partial charge in [-0.3, -0.25) is 0 Å². The van der Waals surface area contributed by atoms with Gasteiger partial charge in [-0.25, -0.2) is 0 Å². The highest BCUT2D eigenvalue weighted by Crippen LogP contribution is 2.35. The summed E-state index contributed by atoms with van der Waals surface area (Å²) in [4.78, 5) is 1.48. The van der Waals surface area contributed by atoms with E-state index >= 15 is 0 Å². The number of thiophene rings is 1. The first-order valence-corrected chi connectivity index (χ1v) is 6.90. The first kappa shape index (κ1) is 11.2. The lowest BCUT2D eigenvalue weighted by atomic mass is 9.72. The van der Waals surface area contributed by atoms with Crippen LogP contribution in [-0.4, -0.2) is 5.54 Å².